The number of aldehydes is 1. The maximum absolute atomic E-state index is 13.3. The van der Waals surface area contributed by atoms with Gasteiger partial charge in [-0.3, -0.25) is 34.3 Å². The maximum Gasteiger partial charge on any atom is 0.251 e. The minimum absolute atomic E-state index is 0.0343. The van der Waals surface area contributed by atoms with E-state index < -0.39 is 52.7 Å². The predicted octanol–water partition coefficient (Wildman–Crippen LogP) is 5.79. The predicted molar refractivity (Wildman–Crippen MR) is 159 cm³/mol. The Morgan fingerprint density at radius 1 is 0.723 bits per heavy atom. The molecule has 0 amide bonds. The summed E-state index contributed by atoms with van der Waals surface area (Å²) in [6.45, 7) is 2.32. The number of aromatic nitrogens is 7. The number of hydrogen-bond donors (Lipinski definition) is 3. The van der Waals surface area contributed by atoms with Crippen LogP contribution in [0, 0.1) is 53.5 Å². The number of rotatable bonds is 5. The van der Waals surface area contributed by atoms with Crippen LogP contribution in [0.3, 0.4) is 0 Å². The summed E-state index contributed by atoms with van der Waals surface area (Å²) in [5.74, 6) is -5.14. The molecule has 248 valence electrons. The summed E-state index contributed by atoms with van der Waals surface area (Å²) < 4.78 is 88.0. The molecule has 47 heavy (non-hydrogen) atoms. The molecule has 0 fully saturated rings. The lowest BCUT2D eigenvalue weighted by Gasteiger charge is -2.04. The fourth-order valence-corrected chi connectivity index (χ4v) is 4.23. The molecule has 5 heterocycles. The molecule has 5 aromatic rings. The van der Waals surface area contributed by atoms with Gasteiger partial charge in [-0.25, -0.2) is 35.7 Å². The number of thioether (sulfide) groups is 1. The zero-order chi connectivity index (χ0) is 35.1. The molecule has 0 aliphatic carbocycles. The van der Waals surface area contributed by atoms with E-state index in [1.54, 1.807) is 13.8 Å². The number of aryl methyl sites for hydroxylation is 2. The molecule has 5 aromatic heterocycles. The van der Waals surface area contributed by atoms with Crippen molar-refractivity contribution in [3.8, 4) is 0 Å². The summed E-state index contributed by atoms with van der Waals surface area (Å²) in [5.41, 5.74) is -0.332. The van der Waals surface area contributed by atoms with Gasteiger partial charge in [0, 0.05) is 34.8 Å². The van der Waals surface area contributed by atoms with Gasteiger partial charge in [0.2, 0.25) is 0 Å². The van der Waals surface area contributed by atoms with Crippen molar-refractivity contribution in [3.63, 3.8) is 0 Å². The fourth-order valence-electron chi connectivity index (χ4n) is 3.03. The molecule has 0 saturated carbocycles. The van der Waals surface area contributed by atoms with Gasteiger partial charge in [-0.15, -0.1) is 0 Å². The van der Waals surface area contributed by atoms with Crippen LogP contribution in [-0.4, -0.2) is 41.2 Å². The second-order valence-corrected chi connectivity index (χ2v) is 10.1. The van der Waals surface area contributed by atoms with Crippen molar-refractivity contribution in [3.05, 3.63) is 138 Å². The Balaban J connectivity index is 0.000000229. The molecule has 0 aliphatic rings. The van der Waals surface area contributed by atoms with Gasteiger partial charge in [-0.05, 0) is 26.1 Å². The third kappa shape index (κ3) is 12.7. The van der Waals surface area contributed by atoms with Crippen LogP contribution < -0.4 is 11.1 Å². The van der Waals surface area contributed by atoms with E-state index in [0.717, 1.165) is 54.6 Å². The minimum atomic E-state index is -1.14. The van der Waals surface area contributed by atoms with Crippen LogP contribution in [0.4, 0.5) is 30.7 Å². The molecule has 0 aromatic carbocycles. The van der Waals surface area contributed by atoms with E-state index >= 15 is 0 Å². The summed E-state index contributed by atoms with van der Waals surface area (Å²) in [6, 6.07) is 2.80. The van der Waals surface area contributed by atoms with Gasteiger partial charge in [-0.2, -0.15) is 0 Å². The molecule has 3 N–H and O–H groups in total. The number of hydrogen-bond acceptors (Lipinski definition) is 9. The van der Waals surface area contributed by atoms with Crippen LogP contribution in [0.15, 0.2) is 64.1 Å². The summed E-state index contributed by atoms with van der Waals surface area (Å²) >= 11 is 5.73. The number of aromatic amines is 3. The van der Waals surface area contributed by atoms with Crippen molar-refractivity contribution >= 4 is 30.3 Å². The maximum atomic E-state index is 13.3. The molecule has 0 spiro atoms. The topological polar surface area (TPSA) is 150 Å². The van der Waals surface area contributed by atoms with Gasteiger partial charge in [0.25, 0.3) is 11.1 Å². The number of nitrogens with one attached hydrogen (secondary N) is 3. The third-order valence-electron chi connectivity index (χ3n) is 5.14. The average Bonchev–Trinajstić information content (AvgIpc) is 2.97. The Hall–Kier alpha value is -5.04. The highest BCUT2D eigenvalue weighted by atomic mass is 32.2. The molecule has 0 radical (unpaired) electrons. The Kier molecular flexibility index (Phi) is 15.3. The summed E-state index contributed by atoms with van der Waals surface area (Å²) in [5, 5.41) is 0.329. The average molecular weight is 702 g/mol. The highest BCUT2D eigenvalue weighted by Gasteiger charge is 2.11. The number of nitrogens with zero attached hydrogens (tertiary/aromatic N) is 4. The molecular formula is C28H22F7N7O3S2. The van der Waals surface area contributed by atoms with Crippen molar-refractivity contribution in [2.24, 2.45) is 0 Å². The summed E-state index contributed by atoms with van der Waals surface area (Å²) in [7, 11) is 0. The Bertz CT molecular complexity index is 1900. The molecule has 0 atom stereocenters. The normalized spacial score (nSPS) is 9.98. The van der Waals surface area contributed by atoms with Crippen molar-refractivity contribution in [1.29, 1.82) is 0 Å². The number of carbonyl (C=O) groups excluding carboxylic acids is 1. The lowest BCUT2D eigenvalue weighted by Crippen LogP contribution is -2.08. The zero-order valence-corrected chi connectivity index (χ0v) is 25.7. The second kappa shape index (κ2) is 18.8. The molecule has 0 bridgehead atoms. The highest BCUT2D eigenvalue weighted by molar-refractivity contribution is 7.98. The molecule has 5 rings (SSSR count). The molecule has 10 nitrogen and oxygen atoms in total. The molecule has 0 saturated heterocycles. The Morgan fingerprint density at radius 2 is 1.19 bits per heavy atom. The van der Waals surface area contributed by atoms with E-state index in [9.17, 15) is 45.1 Å². The first-order valence-electron chi connectivity index (χ1n) is 12.6. The first-order chi connectivity index (χ1) is 22.2. The lowest BCUT2D eigenvalue weighted by molar-refractivity contribution is 0.111. The largest absolute Gasteiger partial charge is 0.336 e. The molecule has 0 aliphatic heterocycles. The number of alkyl halides is 1. The van der Waals surface area contributed by atoms with Gasteiger partial charge in [0.15, 0.2) is 27.8 Å². The van der Waals surface area contributed by atoms with E-state index in [2.05, 4.69) is 47.1 Å². The highest BCUT2D eigenvalue weighted by Crippen LogP contribution is 2.22. The van der Waals surface area contributed by atoms with Crippen molar-refractivity contribution in [2.45, 2.75) is 31.4 Å². The molecular weight excluding hydrogens is 679 g/mol. The van der Waals surface area contributed by atoms with Crippen LogP contribution in [-0.2, 0) is 12.4 Å². The van der Waals surface area contributed by atoms with E-state index in [0.29, 0.717) is 15.6 Å². The fraction of sp³-hybridized carbons (Fsp3) is 0.143. The smallest absolute Gasteiger partial charge is 0.251 e. The van der Waals surface area contributed by atoms with Crippen LogP contribution in [0.2, 0.25) is 0 Å². The lowest BCUT2D eigenvalue weighted by atomic mass is 10.3. The summed E-state index contributed by atoms with van der Waals surface area (Å²) in [6.07, 6.45) is 5.14. The van der Waals surface area contributed by atoms with Crippen LogP contribution in [0.25, 0.3) is 0 Å². The standard InChI is InChI=1S/C11H9F2N3OS.C6H4F3N.C6H3F2NO.C5H6N2OS/c1-6-2-10(17)16-11(15-6)18-5-7-8(12)3-14-4-9(7)13;7-1-4-5(8)2-10-3-6(4)9;7-5-1-9-2-6(8)4(5)3-10;1-3-2-4(8)7-5(9)6-3/h2-4H,5H2,1H3,(H,15,16,17);2-3H,1H2;1-3H;2H,1H3,(H2,6,7,8,9). The van der Waals surface area contributed by atoms with Gasteiger partial charge >= 0.3 is 0 Å². The van der Waals surface area contributed by atoms with E-state index in [1.807, 2.05) is 0 Å². The molecule has 19 heteroatoms. The van der Waals surface area contributed by atoms with E-state index in [1.165, 1.54) is 12.1 Å². The Morgan fingerprint density at radius 3 is 1.57 bits per heavy atom. The van der Waals surface area contributed by atoms with Gasteiger partial charge < -0.3 is 9.97 Å². The van der Waals surface area contributed by atoms with Crippen LogP contribution in [0.1, 0.15) is 32.9 Å². The number of pyridine rings is 3. The van der Waals surface area contributed by atoms with Crippen molar-refractivity contribution in [1.82, 2.24) is 34.9 Å². The minimum Gasteiger partial charge on any atom is -0.336 e. The van der Waals surface area contributed by atoms with Crippen LogP contribution in [0.5, 0.6) is 0 Å². The number of H-pyrrole nitrogens is 3. The van der Waals surface area contributed by atoms with Crippen LogP contribution >= 0.6 is 24.0 Å². The SMILES string of the molecule is Cc1cc(=O)[nH]c(=S)[nH]1.Cc1cc(=O)[nH]c(SCc2c(F)cncc2F)n1.FCc1c(F)cncc1F.O=Cc1c(F)cncc1F. The van der Waals surface area contributed by atoms with E-state index in [-0.39, 0.29) is 28.7 Å². The first kappa shape index (κ1) is 38.1. The molecule has 0 unspecified atom stereocenters. The van der Waals surface area contributed by atoms with Gasteiger partial charge in [-0.1, -0.05) is 11.8 Å². The van der Waals surface area contributed by atoms with Gasteiger partial charge in [0.05, 0.1) is 48.3 Å². The quantitative estimate of drug-likeness (QED) is 0.0681. The van der Waals surface area contributed by atoms with E-state index in [4.69, 9.17) is 0 Å². The summed E-state index contributed by atoms with van der Waals surface area (Å²) in [4.78, 5) is 53.2. The van der Waals surface area contributed by atoms with Gasteiger partial charge in [0.1, 0.15) is 29.9 Å². The van der Waals surface area contributed by atoms with Crippen molar-refractivity contribution in [2.75, 3.05) is 0 Å². The van der Waals surface area contributed by atoms with Crippen molar-refractivity contribution < 1.29 is 35.5 Å². The number of carbonyl (C=O) groups is 1. The zero-order valence-electron chi connectivity index (χ0n) is 24.1. The first-order valence-corrected chi connectivity index (χ1v) is 14.0. The monoisotopic (exact) mass is 701 g/mol. The Labute approximate surface area is 269 Å². The second-order valence-electron chi connectivity index (χ2n) is 8.68. The number of halogens is 7. The third-order valence-corrected chi connectivity index (χ3v) is 6.25.